The van der Waals surface area contributed by atoms with E-state index in [2.05, 4.69) is 11.9 Å². The van der Waals surface area contributed by atoms with Gasteiger partial charge in [0.1, 0.15) is 6.26 Å². The van der Waals surface area contributed by atoms with E-state index in [9.17, 15) is 0 Å². The molecule has 0 saturated heterocycles. The maximum Gasteiger partial charge on any atom is 0.226 e. The lowest BCUT2D eigenvalue weighted by Gasteiger charge is -2.06. The molecule has 0 bridgehead atoms. The molecule has 0 aliphatic heterocycles. The zero-order valence-corrected chi connectivity index (χ0v) is 11.2. The van der Waals surface area contributed by atoms with Crippen LogP contribution < -0.4 is 0 Å². The molecular formula is C14H17NO2S. The Labute approximate surface area is 111 Å². The monoisotopic (exact) mass is 263 g/mol. The number of hydrogen-bond acceptors (Lipinski definition) is 4. The maximum atomic E-state index is 8.84. The Morgan fingerprint density at radius 1 is 1.33 bits per heavy atom. The molecular weight excluding hydrogens is 246 g/mol. The van der Waals surface area contributed by atoms with Gasteiger partial charge < -0.3 is 9.52 Å². The molecule has 96 valence electrons. The first-order valence-electron chi connectivity index (χ1n) is 6.02. The van der Waals surface area contributed by atoms with Gasteiger partial charge in [0.15, 0.2) is 0 Å². The van der Waals surface area contributed by atoms with E-state index in [1.807, 2.05) is 30.3 Å². The van der Waals surface area contributed by atoms with Gasteiger partial charge in [0, 0.05) is 23.2 Å². The van der Waals surface area contributed by atoms with Crippen LogP contribution in [0, 0.1) is 0 Å². The van der Waals surface area contributed by atoms with E-state index in [4.69, 9.17) is 9.52 Å². The van der Waals surface area contributed by atoms with Crippen molar-refractivity contribution in [2.24, 2.45) is 0 Å². The van der Waals surface area contributed by atoms with Crippen LogP contribution >= 0.6 is 11.8 Å². The second-order valence-corrected chi connectivity index (χ2v) is 5.57. The van der Waals surface area contributed by atoms with Crippen LogP contribution in [0.2, 0.25) is 0 Å². The Kier molecular flexibility index (Phi) is 4.84. The zero-order chi connectivity index (χ0) is 12.8. The van der Waals surface area contributed by atoms with Crippen LogP contribution in [0.25, 0.3) is 11.5 Å². The predicted octanol–water partition coefficient (Wildman–Crippen LogP) is 3.35. The van der Waals surface area contributed by atoms with Gasteiger partial charge in [-0.05, 0) is 18.6 Å². The van der Waals surface area contributed by atoms with E-state index in [-0.39, 0.29) is 6.61 Å². The molecule has 2 aromatic rings. The molecule has 0 aliphatic rings. The van der Waals surface area contributed by atoms with Gasteiger partial charge in [0.2, 0.25) is 5.89 Å². The number of aliphatic hydroxyl groups is 1. The van der Waals surface area contributed by atoms with Crippen molar-refractivity contribution >= 4 is 11.8 Å². The van der Waals surface area contributed by atoms with E-state index in [1.165, 1.54) is 0 Å². The SMILES string of the molecule is CC(CCO)SCc1coc(-c2ccccc2)n1. The van der Waals surface area contributed by atoms with Crippen LogP contribution in [0.3, 0.4) is 0 Å². The summed E-state index contributed by atoms with van der Waals surface area (Å²) in [6.45, 7) is 2.35. The lowest BCUT2D eigenvalue weighted by Crippen LogP contribution is -1.99. The number of benzene rings is 1. The molecule has 3 nitrogen and oxygen atoms in total. The molecule has 0 fully saturated rings. The van der Waals surface area contributed by atoms with Crippen LogP contribution in [0.4, 0.5) is 0 Å². The molecule has 2 rings (SSSR count). The highest BCUT2D eigenvalue weighted by molar-refractivity contribution is 7.99. The summed E-state index contributed by atoms with van der Waals surface area (Å²) in [6.07, 6.45) is 2.52. The summed E-state index contributed by atoms with van der Waals surface area (Å²) in [4.78, 5) is 4.46. The number of nitrogens with zero attached hydrogens (tertiary/aromatic N) is 1. The molecule has 0 radical (unpaired) electrons. The molecule has 0 aliphatic carbocycles. The van der Waals surface area contributed by atoms with Crippen LogP contribution in [0.1, 0.15) is 19.0 Å². The third-order valence-corrected chi connectivity index (χ3v) is 3.89. The molecule has 18 heavy (non-hydrogen) atoms. The normalized spacial score (nSPS) is 12.6. The van der Waals surface area contributed by atoms with Crippen LogP contribution in [0.5, 0.6) is 0 Å². The number of aromatic nitrogens is 1. The van der Waals surface area contributed by atoms with Crippen LogP contribution in [-0.2, 0) is 5.75 Å². The van der Waals surface area contributed by atoms with Crippen molar-refractivity contribution in [1.29, 1.82) is 0 Å². The number of hydrogen-bond donors (Lipinski definition) is 1. The number of rotatable bonds is 6. The summed E-state index contributed by atoms with van der Waals surface area (Å²) < 4.78 is 5.47. The summed E-state index contributed by atoms with van der Waals surface area (Å²) in [5, 5.41) is 9.28. The quantitative estimate of drug-likeness (QED) is 0.868. The van der Waals surface area contributed by atoms with Crippen molar-refractivity contribution in [2.45, 2.75) is 24.3 Å². The van der Waals surface area contributed by atoms with E-state index in [0.29, 0.717) is 11.1 Å². The minimum absolute atomic E-state index is 0.238. The fraction of sp³-hybridized carbons (Fsp3) is 0.357. The van der Waals surface area contributed by atoms with E-state index in [1.54, 1.807) is 18.0 Å². The topological polar surface area (TPSA) is 46.3 Å². The lowest BCUT2D eigenvalue weighted by atomic mass is 10.2. The van der Waals surface area contributed by atoms with Gasteiger partial charge in [0.25, 0.3) is 0 Å². The Morgan fingerprint density at radius 3 is 2.83 bits per heavy atom. The second kappa shape index (κ2) is 6.61. The van der Waals surface area contributed by atoms with Crippen molar-refractivity contribution in [3.8, 4) is 11.5 Å². The summed E-state index contributed by atoms with van der Waals surface area (Å²) in [6, 6.07) is 9.88. The summed E-state index contributed by atoms with van der Waals surface area (Å²) in [5.41, 5.74) is 1.95. The van der Waals surface area contributed by atoms with E-state index in [0.717, 1.165) is 23.4 Å². The highest BCUT2D eigenvalue weighted by Gasteiger charge is 2.08. The molecule has 1 N–H and O–H groups in total. The predicted molar refractivity (Wildman–Crippen MR) is 74.4 cm³/mol. The molecule has 1 aromatic heterocycles. The van der Waals surface area contributed by atoms with E-state index < -0.39 is 0 Å². The van der Waals surface area contributed by atoms with Gasteiger partial charge in [-0.25, -0.2) is 4.98 Å². The second-order valence-electron chi connectivity index (χ2n) is 4.14. The Bertz CT molecular complexity index is 470. The molecule has 0 spiro atoms. The maximum absolute atomic E-state index is 8.84. The average Bonchev–Trinajstić information content (AvgIpc) is 2.87. The Morgan fingerprint density at radius 2 is 2.11 bits per heavy atom. The summed E-state index contributed by atoms with van der Waals surface area (Å²) in [5.74, 6) is 1.48. The zero-order valence-electron chi connectivity index (χ0n) is 10.4. The number of aliphatic hydroxyl groups excluding tert-OH is 1. The van der Waals surface area contributed by atoms with Crippen molar-refractivity contribution in [2.75, 3.05) is 6.61 Å². The molecule has 1 aromatic carbocycles. The van der Waals surface area contributed by atoms with E-state index >= 15 is 0 Å². The molecule has 0 saturated carbocycles. The smallest absolute Gasteiger partial charge is 0.226 e. The highest BCUT2D eigenvalue weighted by atomic mass is 32.2. The fourth-order valence-corrected chi connectivity index (χ4v) is 2.44. The minimum Gasteiger partial charge on any atom is -0.444 e. The standard InChI is InChI=1S/C14H17NO2S/c1-11(7-8-16)18-10-13-9-17-14(15-13)12-5-3-2-4-6-12/h2-6,9,11,16H,7-8,10H2,1H3. The molecule has 0 amide bonds. The van der Waals surface area contributed by atoms with Crippen LogP contribution in [0.15, 0.2) is 41.0 Å². The van der Waals surface area contributed by atoms with Crippen molar-refractivity contribution in [1.82, 2.24) is 4.98 Å². The van der Waals surface area contributed by atoms with Gasteiger partial charge in [-0.1, -0.05) is 25.1 Å². The lowest BCUT2D eigenvalue weighted by molar-refractivity contribution is 0.289. The summed E-state index contributed by atoms with van der Waals surface area (Å²) >= 11 is 1.78. The molecule has 1 unspecified atom stereocenters. The summed E-state index contributed by atoms with van der Waals surface area (Å²) in [7, 11) is 0. The first-order valence-corrected chi connectivity index (χ1v) is 7.06. The first kappa shape index (κ1) is 13.2. The van der Waals surface area contributed by atoms with Gasteiger partial charge in [0.05, 0.1) is 5.69 Å². The van der Waals surface area contributed by atoms with Crippen LogP contribution in [-0.4, -0.2) is 21.9 Å². The Balaban J connectivity index is 1.95. The van der Waals surface area contributed by atoms with Crippen molar-refractivity contribution in [3.63, 3.8) is 0 Å². The largest absolute Gasteiger partial charge is 0.444 e. The molecule has 1 atom stereocenters. The third-order valence-electron chi connectivity index (χ3n) is 2.62. The minimum atomic E-state index is 0.238. The Hall–Kier alpha value is -1.26. The molecule has 4 heteroatoms. The highest BCUT2D eigenvalue weighted by Crippen LogP contribution is 2.23. The number of thioether (sulfide) groups is 1. The molecule has 1 heterocycles. The average molecular weight is 263 g/mol. The number of oxazole rings is 1. The van der Waals surface area contributed by atoms with Crippen molar-refractivity contribution < 1.29 is 9.52 Å². The van der Waals surface area contributed by atoms with Gasteiger partial charge in [-0.15, -0.1) is 0 Å². The fourth-order valence-electron chi connectivity index (χ4n) is 1.58. The third kappa shape index (κ3) is 3.62. The van der Waals surface area contributed by atoms with Crippen molar-refractivity contribution in [3.05, 3.63) is 42.3 Å². The first-order chi connectivity index (χ1) is 8.79. The van der Waals surface area contributed by atoms with Gasteiger partial charge in [-0.2, -0.15) is 11.8 Å². The van der Waals surface area contributed by atoms with Gasteiger partial charge >= 0.3 is 0 Å². The van der Waals surface area contributed by atoms with Gasteiger partial charge in [-0.3, -0.25) is 0 Å².